The molecule has 0 aromatic heterocycles. The average molecular weight is 321 g/mol. The van der Waals surface area contributed by atoms with Gasteiger partial charge in [0.05, 0.1) is 6.61 Å². The van der Waals surface area contributed by atoms with E-state index in [4.69, 9.17) is 9.47 Å². The second-order valence-electron chi connectivity index (χ2n) is 5.22. The molecule has 6 nitrogen and oxygen atoms in total. The molecule has 23 heavy (non-hydrogen) atoms. The highest BCUT2D eigenvalue weighted by molar-refractivity contribution is 5.82. The lowest BCUT2D eigenvalue weighted by molar-refractivity contribution is -0.154. The van der Waals surface area contributed by atoms with Crippen LogP contribution in [0, 0.1) is 0 Å². The second-order valence-corrected chi connectivity index (χ2v) is 5.22. The minimum atomic E-state index is -0.641. The first kappa shape index (κ1) is 18.7. The first-order chi connectivity index (χ1) is 10.9. The molecule has 1 rings (SSSR count). The summed E-state index contributed by atoms with van der Waals surface area (Å²) < 4.78 is 10.2. The Morgan fingerprint density at radius 1 is 1.13 bits per heavy atom. The van der Waals surface area contributed by atoms with Gasteiger partial charge in [-0.1, -0.05) is 30.3 Å². The van der Waals surface area contributed by atoms with Gasteiger partial charge in [0.15, 0.2) is 0 Å². The van der Waals surface area contributed by atoms with Crippen LogP contribution >= 0.6 is 0 Å². The molecule has 6 heteroatoms. The smallest absolute Gasteiger partial charge is 0.328 e. The molecule has 1 unspecified atom stereocenters. The third-order valence-corrected chi connectivity index (χ3v) is 3.43. The molecule has 0 spiro atoms. The maximum absolute atomic E-state index is 11.7. The van der Waals surface area contributed by atoms with Crippen molar-refractivity contribution in [1.29, 1.82) is 0 Å². The van der Waals surface area contributed by atoms with Gasteiger partial charge in [-0.2, -0.15) is 0 Å². The van der Waals surface area contributed by atoms with Crippen molar-refractivity contribution in [3.05, 3.63) is 35.9 Å². The SMILES string of the molecule is CC(=O)N(C)C(C)C(=O)OCCCC(=O)OCc1ccccc1. The normalized spacial score (nSPS) is 11.4. The van der Waals surface area contributed by atoms with Crippen molar-refractivity contribution in [3.8, 4) is 0 Å². The Kier molecular flexibility index (Phi) is 7.80. The van der Waals surface area contributed by atoms with Gasteiger partial charge in [-0.15, -0.1) is 0 Å². The van der Waals surface area contributed by atoms with Crippen molar-refractivity contribution in [2.45, 2.75) is 39.3 Å². The van der Waals surface area contributed by atoms with Crippen molar-refractivity contribution >= 4 is 17.8 Å². The molecule has 1 atom stereocenters. The topological polar surface area (TPSA) is 72.9 Å². The Morgan fingerprint density at radius 3 is 2.39 bits per heavy atom. The van der Waals surface area contributed by atoms with Crippen molar-refractivity contribution in [2.24, 2.45) is 0 Å². The summed E-state index contributed by atoms with van der Waals surface area (Å²) in [5, 5.41) is 0. The third kappa shape index (κ3) is 6.95. The summed E-state index contributed by atoms with van der Waals surface area (Å²) in [5.74, 6) is -1.03. The number of benzene rings is 1. The molecule has 0 aliphatic heterocycles. The summed E-state index contributed by atoms with van der Waals surface area (Å²) in [6.07, 6.45) is 0.562. The van der Waals surface area contributed by atoms with E-state index < -0.39 is 12.0 Å². The standard InChI is InChI=1S/C17H23NO5/c1-13(18(3)14(2)19)17(21)22-11-7-10-16(20)23-12-15-8-5-4-6-9-15/h4-6,8-9,13H,7,10-12H2,1-3H3. The van der Waals surface area contributed by atoms with Crippen molar-refractivity contribution in [1.82, 2.24) is 4.90 Å². The highest BCUT2D eigenvalue weighted by atomic mass is 16.5. The van der Waals surface area contributed by atoms with Crippen LogP contribution in [-0.4, -0.2) is 42.4 Å². The average Bonchev–Trinajstić information content (AvgIpc) is 2.56. The molecule has 1 aromatic rings. The fourth-order valence-corrected chi connectivity index (χ4v) is 1.75. The van der Waals surface area contributed by atoms with Crippen LogP contribution in [0.3, 0.4) is 0 Å². The first-order valence-corrected chi connectivity index (χ1v) is 7.51. The van der Waals surface area contributed by atoms with E-state index in [2.05, 4.69) is 0 Å². The quantitative estimate of drug-likeness (QED) is 0.540. The lowest BCUT2D eigenvalue weighted by atomic mass is 10.2. The number of carbonyl (C=O) groups is 3. The highest BCUT2D eigenvalue weighted by Crippen LogP contribution is 2.04. The van der Waals surface area contributed by atoms with Crippen LogP contribution < -0.4 is 0 Å². The van der Waals surface area contributed by atoms with Crippen molar-refractivity contribution in [3.63, 3.8) is 0 Å². The van der Waals surface area contributed by atoms with Crippen LogP contribution in [0.15, 0.2) is 30.3 Å². The molecule has 1 aromatic carbocycles. The monoisotopic (exact) mass is 321 g/mol. The van der Waals surface area contributed by atoms with Crippen molar-refractivity contribution < 1.29 is 23.9 Å². The minimum Gasteiger partial charge on any atom is -0.464 e. The maximum atomic E-state index is 11.7. The lowest BCUT2D eigenvalue weighted by Crippen LogP contribution is -2.40. The molecule has 0 bridgehead atoms. The number of carbonyl (C=O) groups excluding carboxylic acids is 3. The predicted octanol–water partition coefficient (Wildman–Crippen LogP) is 1.92. The zero-order chi connectivity index (χ0) is 17.2. The van der Waals surface area contributed by atoms with Crippen LogP contribution in [0.25, 0.3) is 0 Å². The third-order valence-electron chi connectivity index (χ3n) is 3.43. The minimum absolute atomic E-state index is 0.120. The molecule has 0 radical (unpaired) electrons. The van der Waals surface area contributed by atoms with Crippen LogP contribution in [0.5, 0.6) is 0 Å². The van der Waals surface area contributed by atoms with Crippen LogP contribution in [0.4, 0.5) is 0 Å². The van der Waals surface area contributed by atoms with Crippen LogP contribution in [-0.2, 0) is 30.5 Å². The molecule has 0 fully saturated rings. The van der Waals surface area contributed by atoms with Crippen LogP contribution in [0.2, 0.25) is 0 Å². The van der Waals surface area contributed by atoms with E-state index in [0.717, 1.165) is 5.56 Å². The Hall–Kier alpha value is -2.37. The number of hydrogen-bond acceptors (Lipinski definition) is 5. The van der Waals surface area contributed by atoms with Gasteiger partial charge in [0.25, 0.3) is 0 Å². The summed E-state index contributed by atoms with van der Waals surface area (Å²) in [6, 6.07) is 8.76. The van der Waals surface area contributed by atoms with Gasteiger partial charge in [-0.3, -0.25) is 9.59 Å². The number of nitrogens with zero attached hydrogens (tertiary/aromatic N) is 1. The molecule has 0 N–H and O–H groups in total. The summed E-state index contributed by atoms with van der Waals surface area (Å²) in [4.78, 5) is 35.7. The van der Waals surface area contributed by atoms with Gasteiger partial charge in [-0.05, 0) is 18.9 Å². The van der Waals surface area contributed by atoms with Gasteiger partial charge in [-0.25, -0.2) is 4.79 Å². The highest BCUT2D eigenvalue weighted by Gasteiger charge is 2.21. The summed E-state index contributed by atoms with van der Waals surface area (Å²) >= 11 is 0. The van der Waals surface area contributed by atoms with Gasteiger partial charge in [0.1, 0.15) is 12.6 Å². The Balaban J connectivity index is 2.17. The largest absolute Gasteiger partial charge is 0.464 e. The van der Waals surface area contributed by atoms with E-state index in [-0.39, 0.29) is 31.5 Å². The Labute approximate surface area is 136 Å². The molecular formula is C17H23NO5. The number of amides is 1. The number of esters is 2. The number of rotatable bonds is 8. The zero-order valence-electron chi connectivity index (χ0n) is 13.8. The van der Waals surface area contributed by atoms with Gasteiger partial charge in [0, 0.05) is 20.4 Å². The predicted molar refractivity (Wildman–Crippen MR) is 84.3 cm³/mol. The van der Waals surface area contributed by atoms with Crippen LogP contribution in [0.1, 0.15) is 32.3 Å². The molecule has 0 heterocycles. The molecule has 0 saturated carbocycles. The van der Waals surface area contributed by atoms with E-state index in [9.17, 15) is 14.4 Å². The van der Waals surface area contributed by atoms with Gasteiger partial charge >= 0.3 is 11.9 Å². The zero-order valence-corrected chi connectivity index (χ0v) is 13.8. The second kappa shape index (κ2) is 9.61. The van der Waals surface area contributed by atoms with E-state index in [1.165, 1.54) is 18.9 Å². The van der Waals surface area contributed by atoms with Gasteiger partial charge in [0.2, 0.25) is 5.91 Å². The summed E-state index contributed by atoms with van der Waals surface area (Å²) in [5.41, 5.74) is 0.924. The Bertz CT molecular complexity index is 529. The Morgan fingerprint density at radius 2 is 1.78 bits per heavy atom. The molecule has 0 aliphatic carbocycles. The molecule has 126 valence electrons. The summed E-state index contributed by atoms with van der Waals surface area (Å²) in [6.45, 7) is 3.33. The van der Waals surface area contributed by atoms with E-state index in [1.54, 1.807) is 6.92 Å². The fraction of sp³-hybridized carbons (Fsp3) is 0.471. The maximum Gasteiger partial charge on any atom is 0.328 e. The first-order valence-electron chi connectivity index (χ1n) is 7.51. The molecule has 1 amide bonds. The molecule has 0 saturated heterocycles. The van der Waals surface area contributed by atoms with Crippen molar-refractivity contribution in [2.75, 3.05) is 13.7 Å². The molecular weight excluding hydrogens is 298 g/mol. The fourth-order valence-electron chi connectivity index (χ4n) is 1.75. The lowest BCUT2D eigenvalue weighted by Gasteiger charge is -2.21. The van der Waals surface area contributed by atoms with Gasteiger partial charge < -0.3 is 14.4 Å². The number of likely N-dealkylation sites (N-methyl/N-ethyl adjacent to an activating group) is 1. The van der Waals surface area contributed by atoms with E-state index >= 15 is 0 Å². The van der Waals surface area contributed by atoms with E-state index in [1.807, 2.05) is 30.3 Å². The molecule has 0 aliphatic rings. The number of hydrogen-bond donors (Lipinski definition) is 0. The number of ether oxygens (including phenoxy) is 2. The van der Waals surface area contributed by atoms with E-state index in [0.29, 0.717) is 6.42 Å². The summed E-state index contributed by atoms with van der Waals surface area (Å²) in [7, 11) is 1.54.